The van der Waals surface area contributed by atoms with Crippen molar-refractivity contribution < 1.29 is 13.2 Å². The first-order valence-electron chi connectivity index (χ1n) is 6.14. The number of carbonyl (C=O) groups excluding carboxylic acids is 1. The van der Waals surface area contributed by atoms with Gasteiger partial charge >= 0.3 is 0 Å². The number of carbonyl (C=O) groups is 1. The second kappa shape index (κ2) is 4.61. The maximum atomic E-state index is 12.6. The van der Waals surface area contributed by atoms with Crippen LogP contribution in [0, 0.1) is 6.92 Å². The molecule has 1 saturated heterocycles. The van der Waals surface area contributed by atoms with Crippen molar-refractivity contribution in [2.75, 3.05) is 13.1 Å². The highest BCUT2D eigenvalue weighted by atomic mass is 32.2. The number of hydrogen-bond donors (Lipinski definition) is 1. The highest BCUT2D eigenvalue weighted by molar-refractivity contribution is 7.89. The van der Waals surface area contributed by atoms with Crippen molar-refractivity contribution in [1.29, 1.82) is 0 Å². The van der Waals surface area contributed by atoms with Crippen LogP contribution in [0.1, 0.15) is 19.4 Å². The Labute approximate surface area is 113 Å². The van der Waals surface area contributed by atoms with Crippen molar-refractivity contribution in [3.05, 3.63) is 29.8 Å². The summed E-state index contributed by atoms with van der Waals surface area (Å²) in [5.41, 5.74) is -0.193. The number of hydrogen-bond acceptors (Lipinski definition) is 3. The second-order valence-electron chi connectivity index (χ2n) is 5.21. The molecule has 2 rings (SSSR count). The minimum atomic E-state index is -3.65. The summed E-state index contributed by atoms with van der Waals surface area (Å²) in [4.78, 5) is 12.1. The first-order chi connectivity index (χ1) is 8.76. The van der Waals surface area contributed by atoms with Crippen LogP contribution in [0.25, 0.3) is 0 Å². The van der Waals surface area contributed by atoms with E-state index in [1.807, 2.05) is 13.0 Å². The Balaban J connectivity index is 2.47. The number of piperazine rings is 1. The predicted molar refractivity (Wildman–Crippen MR) is 72.2 cm³/mol. The van der Waals surface area contributed by atoms with Gasteiger partial charge in [0, 0.05) is 13.1 Å². The molecule has 1 aromatic rings. The van der Waals surface area contributed by atoms with Crippen LogP contribution in [0.15, 0.2) is 29.2 Å². The van der Waals surface area contributed by atoms with Crippen molar-refractivity contribution in [3.8, 4) is 0 Å². The molecule has 6 heteroatoms. The zero-order valence-corrected chi connectivity index (χ0v) is 12.1. The first-order valence-corrected chi connectivity index (χ1v) is 7.58. The van der Waals surface area contributed by atoms with Gasteiger partial charge in [-0.2, -0.15) is 4.31 Å². The fourth-order valence-corrected chi connectivity index (χ4v) is 4.06. The monoisotopic (exact) mass is 282 g/mol. The minimum absolute atomic E-state index is 0.232. The third-order valence-corrected chi connectivity index (χ3v) is 5.43. The summed E-state index contributed by atoms with van der Waals surface area (Å²) in [7, 11) is -3.65. The van der Waals surface area contributed by atoms with Crippen LogP contribution in [0.5, 0.6) is 0 Å². The second-order valence-corrected chi connectivity index (χ2v) is 7.07. The van der Waals surface area contributed by atoms with Crippen LogP contribution in [0.2, 0.25) is 0 Å². The molecule has 1 N–H and O–H groups in total. The quantitative estimate of drug-likeness (QED) is 0.876. The zero-order chi connectivity index (χ0) is 14.3. The van der Waals surface area contributed by atoms with Gasteiger partial charge in [0.05, 0.1) is 4.90 Å². The lowest BCUT2D eigenvalue weighted by molar-refractivity contribution is -0.131. The average molecular weight is 282 g/mol. The maximum absolute atomic E-state index is 12.6. The fourth-order valence-electron chi connectivity index (χ4n) is 2.20. The molecule has 1 aliphatic rings. The van der Waals surface area contributed by atoms with Gasteiger partial charge < -0.3 is 5.32 Å². The molecule has 1 amide bonds. The Bertz CT molecular complexity index is 608. The Kier molecular flexibility index (Phi) is 3.40. The van der Waals surface area contributed by atoms with Crippen molar-refractivity contribution in [2.45, 2.75) is 31.2 Å². The van der Waals surface area contributed by atoms with E-state index in [4.69, 9.17) is 0 Å². The summed E-state index contributed by atoms with van der Waals surface area (Å²) in [5.74, 6) is -0.269. The van der Waals surface area contributed by atoms with Crippen LogP contribution in [0.3, 0.4) is 0 Å². The van der Waals surface area contributed by atoms with Gasteiger partial charge in [0.1, 0.15) is 5.54 Å². The van der Waals surface area contributed by atoms with E-state index < -0.39 is 15.6 Å². The number of aryl methyl sites for hydroxylation is 1. The van der Waals surface area contributed by atoms with E-state index in [2.05, 4.69) is 5.32 Å². The normalized spacial score (nSPS) is 20.1. The van der Waals surface area contributed by atoms with Gasteiger partial charge in [0.25, 0.3) is 0 Å². The zero-order valence-electron chi connectivity index (χ0n) is 11.3. The molecule has 0 aromatic heterocycles. The van der Waals surface area contributed by atoms with Crippen LogP contribution in [0.4, 0.5) is 0 Å². The molecular formula is C13H18N2O3S. The molecule has 0 unspecified atom stereocenters. The van der Waals surface area contributed by atoms with Gasteiger partial charge in [-0.05, 0) is 38.5 Å². The van der Waals surface area contributed by atoms with Gasteiger partial charge in [-0.15, -0.1) is 0 Å². The molecule has 1 fully saturated rings. The third kappa shape index (κ3) is 2.37. The molecule has 1 aliphatic heterocycles. The van der Waals surface area contributed by atoms with Crippen molar-refractivity contribution in [3.63, 3.8) is 0 Å². The Morgan fingerprint density at radius 3 is 2.63 bits per heavy atom. The standard InChI is InChI=1S/C13H18N2O3S/c1-10-5-4-6-11(9-10)19(17,18)15-8-7-14-12(16)13(15,2)3/h4-6,9H,7-8H2,1-3H3,(H,14,16). The van der Waals surface area contributed by atoms with Crippen molar-refractivity contribution in [1.82, 2.24) is 9.62 Å². The van der Waals surface area contributed by atoms with E-state index in [9.17, 15) is 13.2 Å². The van der Waals surface area contributed by atoms with Crippen LogP contribution in [-0.2, 0) is 14.8 Å². The van der Waals surface area contributed by atoms with Gasteiger partial charge in [-0.1, -0.05) is 12.1 Å². The van der Waals surface area contributed by atoms with Crippen LogP contribution < -0.4 is 5.32 Å². The summed E-state index contributed by atoms with van der Waals surface area (Å²) in [6, 6.07) is 6.73. The summed E-state index contributed by atoms with van der Waals surface area (Å²) < 4.78 is 26.6. The molecule has 0 bridgehead atoms. The smallest absolute Gasteiger partial charge is 0.244 e. The summed E-state index contributed by atoms with van der Waals surface area (Å²) in [6.45, 7) is 5.71. The lowest BCUT2D eigenvalue weighted by atomic mass is 10.0. The molecular weight excluding hydrogens is 264 g/mol. The van der Waals surface area contributed by atoms with E-state index in [0.29, 0.717) is 6.54 Å². The van der Waals surface area contributed by atoms with E-state index in [0.717, 1.165) is 5.56 Å². The Morgan fingerprint density at radius 1 is 1.32 bits per heavy atom. The molecule has 0 aliphatic carbocycles. The minimum Gasteiger partial charge on any atom is -0.353 e. The van der Waals surface area contributed by atoms with Gasteiger partial charge in [-0.25, -0.2) is 8.42 Å². The molecule has 0 radical (unpaired) electrons. The van der Waals surface area contributed by atoms with E-state index in [1.54, 1.807) is 32.0 Å². The van der Waals surface area contributed by atoms with E-state index in [1.165, 1.54) is 4.31 Å². The number of rotatable bonds is 2. The number of nitrogens with one attached hydrogen (secondary N) is 1. The molecule has 0 atom stereocenters. The van der Waals surface area contributed by atoms with E-state index in [-0.39, 0.29) is 17.3 Å². The SMILES string of the molecule is Cc1cccc(S(=O)(=O)N2CCNC(=O)C2(C)C)c1. The van der Waals surface area contributed by atoms with Crippen LogP contribution in [-0.4, -0.2) is 37.3 Å². The molecule has 0 spiro atoms. The number of amides is 1. The van der Waals surface area contributed by atoms with Gasteiger partial charge in [0.15, 0.2) is 0 Å². The van der Waals surface area contributed by atoms with Crippen LogP contribution >= 0.6 is 0 Å². The molecule has 19 heavy (non-hydrogen) atoms. The highest BCUT2D eigenvalue weighted by Gasteiger charge is 2.44. The largest absolute Gasteiger partial charge is 0.353 e. The van der Waals surface area contributed by atoms with Crippen molar-refractivity contribution in [2.24, 2.45) is 0 Å². The summed E-state index contributed by atoms with van der Waals surface area (Å²) in [5, 5.41) is 2.69. The lowest BCUT2D eigenvalue weighted by Gasteiger charge is -2.39. The number of nitrogens with zero attached hydrogens (tertiary/aromatic N) is 1. The predicted octanol–water partition coefficient (Wildman–Crippen LogP) is 0.894. The highest BCUT2D eigenvalue weighted by Crippen LogP contribution is 2.26. The van der Waals surface area contributed by atoms with Gasteiger partial charge in [0.2, 0.25) is 15.9 Å². The molecule has 1 heterocycles. The summed E-state index contributed by atoms with van der Waals surface area (Å²) >= 11 is 0. The molecule has 104 valence electrons. The lowest BCUT2D eigenvalue weighted by Crippen LogP contribution is -2.63. The molecule has 5 nitrogen and oxygen atoms in total. The average Bonchev–Trinajstić information content (AvgIpc) is 2.32. The topological polar surface area (TPSA) is 66.5 Å². The number of sulfonamides is 1. The Morgan fingerprint density at radius 2 is 2.00 bits per heavy atom. The molecule has 1 aromatic carbocycles. The maximum Gasteiger partial charge on any atom is 0.244 e. The fraction of sp³-hybridized carbons (Fsp3) is 0.462. The first kappa shape index (κ1) is 14.0. The van der Waals surface area contributed by atoms with Gasteiger partial charge in [-0.3, -0.25) is 4.79 Å². The molecule has 0 saturated carbocycles. The third-order valence-electron chi connectivity index (χ3n) is 3.36. The van der Waals surface area contributed by atoms with E-state index >= 15 is 0 Å². The Hall–Kier alpha value is -1.40. The van der Waals surface area contributed by atoms with Crippen molar-refractivity contribution >= 4 is 15.9 Å². The summed E-state index contributed by atoms with van der Waals surface area (Å²) in [6.07, 6.45) is 0. The number of benzene rings is 1.